The molecule has 0 aliphatic carbocycles. The number of aryl methyl sites for hydroxylation is 4. The van der Waals surface area contributed by atoms with Crippen molar-refractivity contribution in [3.63, 3.8) is 0 Å². The summed E-state index contributed by atoms with van der Waals surface area (Å²) in [4.78, 5) is 8.16. The van der Waals surface area contributed by atoms with Crippen molar-refractivity contribution in [1.29, 1.82) is 0 Å². The summed E-state index contributed by atoms with van der Waals surface area (Å²) in [6, 6.07) is 8.13. The number of nitrogens with zero attached hydrogens (tertiary/aromatic N) is 2. The Morgan fingerprint density at radius 2 is 0.850 bits per heavy atom. The molecule has 0 N–H and O–H groups in total. The van der Waals surface area contributed by atoms with E-state index in [1.165, 1.54) is 11.1 Å². The maximum absolute atomic E-state index is 4.08. The van der Waals surface area contributed by atoms with Crippen molar-refractivity contribution >= 4 is 0 Å². The van der Waals surface area contributed by atoms with E-state index in [1.807, 2.05) is 52.2 Å². The van der Waals surface area contributed by atoms with Gasteiger partial charge >= 0.3 is 0 Å². The molecule has 0 saturated carbocycles. The number of aromatic nitrogens is 2. The zero-order valence-electron chi connectivity index (χ0n) is 10.4. The fraction of sp³-hybridized carbons (Fsp3) is 0.444. The first kappa shape index (κ1) is 26.8. The van der Waals surface area contributed by atoms with Crippen LogP contribution in [-0.2, 0) is 0 Å². The van der Waals surface area contributed by atoms with E-state index in [-0.39, 0.29) is 29.7 Å². The first-order valence-electron chi connectivity index (χ1n) is 5.36. The van der Waals surface area contributed by atoms with E-state index in [0.29, 0.717) is 0 Å². The Labute approximate surface area is 127 Å². The Kier molecular flexibility index (Phi) is 18.4. The van der Waals surface area contributed by atoms with Gasteiger partial charge in [-0.15, -0.1) is 0 Å². The fourth-order valence-electron chi connectivity index (χ4n) is 1.08. The van der Waals surface area contributed by atoms with Gasteiger partial charge in [0.25, 0.3) is 0 Å². The summed E-state index contributed by atoms with van der Waals surface area (Å²) in [5.41, 5.74) is 4.59. The molecule has 20 heavy (non-hydrogen) atoms. The van der Waals surface area contributed by atoms with Gasteiger partial charge in [0, 0.05) is 23.8 Å². The zero-order chi connectivity index (χ0) is 12.0. The highest BCUT2D eigenvalue weighted by molar-refractivity contribution is 5.11. The first-order valence-corrected chi connectivity index (χ1v) is 5.36. The average Bonchev–Trinajstić information content (AvgIpc) is 2.28. The number of pyridine rings is 2. The number of hydrogen-bond acceptors (Lipinski definition) is 2. The monoisotopic (exact) mass is 278 g/mol. The highest BCUT2D eigenvalue weighted by Gasteiger charge is 1.81. The molecule has 2 heteroatoms. The van der Waals surface area contributed by atoms with Crippen molar-refractivity contribution in [2.24, 2.45) is 0 Å². The van der Waals surface area contributed by atoms with Crippen LogP contribution in [0.1, 0.15) is 52.2 Å². The highest BCUT2D eigenvalue weighted by Crippen LogP contribution is 1.95. The van der Waals surface area contributed by atoms with E-state index in [4.69, 9.17) is 0 Å². The normalized spacial score (nSPS) is 7.40. The summed E-state index contributed by atoms with van der Waals surface area (Å²) >= 11 is 0. The van der Waals surface area contributed by atoms with E-state index >= 15 is 0 Å². The standard InChI is InChI=1S/2C7H9N.4CH4/c2*1-6-3-4-7(2)8-5-6;;;;/h2*3-5H,1-2H3;4*1H4. The second-order valence-corrected chi connectivity index (χ2v) is 3.95. The lowest BCUT2D eigenvalue weighted by atomic mass is 10.3. The fourth-order valence-corrected chi connectivity index (χ4v) is 1.08. The molecule has 2 aromatic rings. The Morgan fingerprint density at radius 1 is 0.550 bits per heavy atom. The molecule has 0 aliphatic heterocycles. The van der Waals surface area contributed by atoms with Crippen LogP contribution in [0.3, 0.4) is 0 Å². The summed E-state index contributed by atoms with van der Waals surface area (Å²) in [5, 5.41) is 0. The molecule has 0 amide bonds. The van der Waals surface area contributed by atoms with Crippen molar-refractivity contribution < 1.29 is 0 Å². The minimum Gasteiger partial charge on any atom is -0.261 e. The third-order valence-electron chi connectivity index (χ3n) is 2.12. The quantitative estimate of drug-likeness (QED) is 0.596. The van der Waals surface area contributed by atoms with Crippen LogP contribution in [0.4, 0.5) is 0 Å². The van der Waals surface area contributed by atoms with Gasteiger partial charge < -0.3 is 0 Å². The maximum atomic E-state index is 4.08. The summed E-state index contributed by atoms with van der Waals surface area (Å²) in [6.07, 6.45) is 3.74. The minimum absolute atomic E-state index is 0. The maximum Gasteiger partial charge on any atom is 0.0372 e. The number of hydrogen-bond donors (Lipinski definition) is 0. The van der Waals surface area contributed by atoms with E-state index in [9.17, 15) is 0 Å². The van der Waals surface area contributed by atoms with Crippen molar-refractivity contribution in [3.8, 4) is 0 Å². The Morgan fingerprint density at radius 3 is 1.00 bits per heavy atom. The lowest BCUT2D eigenvalue weighted by Crippen LogP contribution is -1.78. The van der Waals surface area contributed by atoms with Gasteiger partial charge in [0.1, 0.15) is 0 Å². The topological polar surface area (TPSA) is 25.8 Å². The Bertz CT molecular complexity index is 331. The van der Waals surface area contributed by atoms with E-state index in [2.05, 4.69) is 22.1 Å². The molecule has 0 bridgehead atoms. The molecule has 0 aromatic carbocycles. The van der Waals surface area contributed by atoms with Gasteiger partial charge in [-0.3, -0.25) is 9.97 Å². The molecule has 0 unspecified atom stereocenters. The van der Waals surface area contributed by atoms with E-state index in [1.54, 1.807) is 0 Å². The number of rotatable bonds is 0. The van der Waals surface area contributed by atoms with Crippen LogP contribution in [0.5, 0.6) is 0 Å². The van der Waals surface area contributed by atoms with Crippen LogP contribution in [-0.4, -0.2) is 9.97 Å². The van der Waals surface area contributed by atoms with Gasteiger partial charge in [0.05, 0.1) is 0 Å². The van der Waals surface area contributed by atoms with Gasteiger partial charge in [-0.1, -0.05) is 41.8 Å². The largest absolute Gasteiger partial charge is 0.261 e. The third-order valence-corrected chi connectivity index (χ3v) is 2.12. The van der Waals surface area contributed by atoms with Gasteiger partial charge in [0.2, 0.25) is 0 Å². The summed E-state index contributed by atoms with van der Waals surface area (Å²) in [6.45, 7) is 8.04. The lowest BCUT2D eigenvalue weighted by Gasteiger charge is -1.89. The van der Waals surface area contributed by atoms with Crippen LogP contribution in [0.15, 0.2) is 36.7 Å². The first-order chi connectivity index (χ1) is 7.58. The zero-order valence-corrected chi connectivity index (χ0v) is 10.4. The smallest absolute Gasteiger partial charge is 0.0372 e. The SMILES string of the molecule is C.C.C.C.Cc1ccc(C)nc1.Cc1ccc(C)nc1. The van der Waals surface area contributed by atoms with Crippen LogP contribution < -0.4 is 0 Å². The molecule has 2 rings (SSSR count). The second kappa shape index (κ2) is 13.7. The van der Waals surface area contributed by atoms with Gasteiger partial charge in [-0.2, -0.15) is 0 Å². The van der Waals surface area contributed by atoms with Gasteiger partial charge in [0.15, 0.2) is 0 Å². The molecule has 0 spiro atoms. The predicted octanol–water partition coefficient (Wildman–Crippen LogP) is 5.94. The summed E-state index contributed by atoms with van der Waals surface area (Å²) < 4.78 is 0. The van der Waals surface area contributed by atoms with Crippen molar-refractivity contribution in [1.82, 2.24) is 9.97 Å². The minimum atomic E-state index is 0. The molecular weight excluding hydrogens is 244 g/mol. The lowest BCUT2D eigenvalue weighted by molar-refractivity contribution is 1.17. The molecular formula is C18H34N2. The second-order valence-electron chi connectivity index (χ2n) is 3.95. The van der Waals surface area contributed by atoms with Crippen molar-refractivity contribution in [3.05, 3.63) is 59.2 Å². The van der Waals surface area contributed by atoms with Crippen LogP contribution in [0, 0.1) is 27.7 Å². The Balaban J connectivity index is -0.000000107. The molecule has 0 radical (unpaired) electrons. The summed E-state index contributed by atoms with van der Waals surface area (Å²) in [7, 11) is 0. The molecule has 2 aromatic heterocycles. The van der Waals surface area contributed by atoms with Gasteiger partial charge in [-0.05, 0) is 51.0 Å². The predicted molar refractivity (Wildman–Crippen MR) is 94.3 cm³/mol. The molecule has 0 fully saturated rings. The van der Waals surface area contributed by atoms with E-state index in [0.717, 1.165) is 11.4 Å². The highest BCUT2D eigenvalue weighted by atomic mass is 14.7. The molecule has 0 saturated heterocycles. The molecule has 2 nitrogen and oxygen atoms in total. The van der Waals surface area contributed by atoms with Gasteiger partial charge in [-0.25, -0.2) is 0 Å². The van der Waals surface area contributed by atoms with Crippen molar-refractivity contribution in [2.75, 3.05) is 0 Å². The van der Waals surface area contributed by atoms with E-state index < -0.39 is 0 Å². The molecule has 0 aliphatic rings. The average molecular weight is 278 g/mol. The Hall–Kier alpha value is -1.70. The summed E-state index contributed by atoms with van der Waals surface area (Å²) in [5.74, 6) is 0. The van der Waals surface area contributed by atoms with Crippen LogP contribution in [0.25, 0.3) is 0 Å². The van der Waals surface area contributed by atoms with Crippen LogP contribution >= 0.6 is 0 Å². The molecule has 116 valence electrons. The third kappa shape index (κ3) is 11.4. The molecule has 2 heterocycles. The van der Waals surface area contributed by atoms with Crippen molar-refractivity contribution in [2.45, 2.75) is 57.4 Å². The van der Waals surface area contributed by atoms with Crippen LogP contribution in [0.2, 0.25) is 0 Å². The molecule has 0 atom stereocenters.